The molecule has 1 aliphatic carbocycles. The maximum Gasteiger partial charge on any atom is 0.191 e. The Labute approximate surface area is 105 Å². The minimum atomic E-state index is -0.129. The minimum absolute atomic E-state index is 0.129. The number of nitrogens with zero attached hydrogens (tertiary/aromatic N) is 1. The van der Waals surface area contributed by atoms with Gasteiger partial charge in [-0.1, -0.05) is 20.3 Å². The summed E-state index contributed by atoms with van der Waals surface area (Å²) in [6.45, 7) is 8.92. The number of aliphatic hydroxyl groups is 1. The van der Waals surface area contributed by atoms with Crippen molar-refractivity contribution in [1.29, 1.82) is 0 Å². The highest BCUT2D eigenvalue weighted by Crippen LogP contribution is 2.24. The molecule has 0 bridgehead atoms. The van der Waals surface area contributed by atoms with E-state index in [0.717, 1.165) is 44.9 Å². The van der Waals surface area contributed by atoms with Gasteiger partial charge in [0, 0.05) is 25.6 Å². The van der Waals surface area contributed by atoms with E-state index in [4.69, 9.17) is 0 Å². The molecule has 0 spiro atoms. The van der Waals surface area contributed by atoms with Crippen molar-refractivity contribution in [1.82, 2.24) is 10.6 Å². The molecule has 17 heavy (non-hydrogen) atoms. The lowest BCUT2D eigenvalue weighted by atomic mass is 10.1. The van der Waals surface area contributed by atoms with Gasteiger partial charge in [-0.05, 0) is 25.7 Å². The molecule has 0 heterocycles. The van der Waals surface area contributed by atoms with Crippen LogP contribution in [0.5, 0.6) is 0 Å². The molecule has 100 valence electrons. The van der Waals surface area contributed by atoms with Crippen molar-refractivity contribution in [2.75, 3.05) is 19.6 Å². The van der Waals surface area contributed by atoms with Crippen molar-refractivity contribution in [3.8, 4) is 0 Å². The van der Waals surface area contributed by atoms with Gasteiger partial charge in [0.25, 0.3) is 0 Å². The molecule has 0 radical (unpaired) electrons. The Kier molecular flexibility index (Phi) is 6.34. The lowest BCUT2D eigenvalue weighted by molar-refractivity contribution is 0.134. The molecule has 1 saturated carbocycles. The van der Waals surface area contributed by atoms with Crippen LogP contribution in [0.25, 0.3) is 0 Å². The van der Waals surface area contributed by atoms with Gasteiger partial charge in [0.05, 0.1) is 6.10 Å². The molecule has 1 fully saturated rings. The number of rotatable bonds is 5. The predicted molar refractivity (Wildman–Crippen MR) is 72.2 cm³/mol. The van der Waals surface area contributed by atoms with Crippen molar-refractivity contribution < 1.29 is 5.11 Å². The monoisotopic (exact) mass is 241 g/mol. The number of aliphatic hydroxyl groups excluding tert-OH is 1. The molecule has 4 nitrogen and oxygen atoms in total. The van der Waals surface area contributed by atoms with Gasteiger partial charge >= 0.3 is 0 Å². The zero-order chi connectivity index (χ0) is 12.7. The zero-order valence-corrected chi connectivity index (χ0v) is 11.4. The number of nitrogens with one attached hydrogen (secondary N) is 2. The average Bonchev–Trinajstić information content (AvgIpc) is 2.68. The van der Waals surface area contributed by atoms with Crippen molar-refractivity contribution in [2.24, 2.45) is 16.8 Å². The molecule has 1 rings (SSSR count). The Morgan fingerprint density at radius 2 is 2.12 bits per heavy atom. The van der Waals surface area contributed by atoms with Crippen LogP contribution in [0.4, 0.5) is 0 Å². The fourth-order valence-corrected chi connectivity index (χ4v) is 2.10. The van der Waals surface area contributed by atoms with Crippen molar-refractivity contribution >= 4 is 5.96 Å². The molecule has 2 unspecified atom stereocenters. The highest BCUT2D eigenvalue weighted by molar-refractivity contribution is 5.79. The topological polar surface area (TPSA) is 56.7 Å². The Morgan fingerprint density at radius 3 is 2.65 bits per heavy atom. The third kappa shape index (κ3) is 5.39. The third-order valence-electron chi connectivity index (χ3n) is 3.11. The second kappa shape index (κ2) is 7.54. The van der Waals surface area contributed by atoms with E-state index >= 15 is 0 Å². The average molecular weight is 241 g/mol. The van der Waals surface area contributed by atoms with Gasteiger partial charge in [0.15, 0.2) is 5.96 Å². The van der Waals surface area contributed by atoms with E-state index < -0.39 is 0 Å². The van der Waals surface area contributed by atoms with Crippen LogP contribution in [0.3, 0.4) is 0 Å². The summed E-state index contributed by atoms with van der Waals surface area (Å²) < 4.78 is 0. The molecule has 0 amide bonds. The van der Waals surface area contributed by atoms with E-state index in [1.54, 1.807) is 0 Å². The molecule has 0 aliphatic heterocycles. The first-order valence-corrected chi connectivity index (χ1v) is 6.83. The summed E-state index contributed by atoms with van der Waals surface area (Å²) in [6.07, 6.45) is 3.09. The number of aliphatic imine (C=N–C) groups is 1. The van der Waals surface area contributed by atoms with Crippen molar-refractivity contribution in [2.45, 2.75) is 46.1 Å². The van der Waals surface area contributed by atoms with Crippen LogP contribution in [0, 0.1) is 11.8 Å². The van der Waals surface area contributed by atoms with E-state index in [9.17, 15) is 5.11 Å². The molecular weight excluding hydrogens is 214 g/mol. The molecule has 0 aromatic rings. The fourth-order valence-electron chi connectivity index (χ4n) is 2.10. The first kappa shape index (κ1) is 14.3. The Bertz CT molecular complexity index is 241. The normalized spacial score (nSPS) is 25.4. The van der Waals surface area contributed by atoms with E-state index in [2.05, 4.69) is 36.4 Å². The molecular formula is C13H27N3O. The van der Waals surface area contributed by atoms with E-state index in [1.807, 2.05) is 0 Å². The highest BCUT2D eigenvalue weighted by Gasteiger charge is 2.24. The Morgan fingerprint density at radius 1 is 1.35 bits per heavy atom. The summed E-state index contributed by atoms with van der Waals surface area (Å²) in [5.74, 6) is 1.83. The van der Waals surface area contributed by atoms with Crippen molar-refractivity contribution in [3.63, 3.8) is 0 Å². The third-order valence-corrected chi connectivity index (χ3v) is 3.11. The summed E-state index contributed by atoms with van der Waals surface area (Å²) >= 11 is 0. The zero-order valence-electron chi connectivity index (χ0n) is 11.4. The van der Waals surface area contributed by atoms with Gasteiger partial charge in [-0.2, -0.15) is 0 Å². The quantitative estimate of drug-likeness (QED) is 0.503. The van der Waals surface area contributed by atoms with Crippen LogP contribution in [0.1, 0.15) is 40.0 Å². The highest BCUT2D eigenvalue weighted by atomic mass is 16.3. The van der Waals surface area contributed by atoms with E-state index in [-0.39, 0.29) is 6.10 Å². The van der Waals surface area contributed by atoms with Crippen LogP contribution in [0.2, 0.25) is 0 Å². The summed E-state index contributed by atoms with van der Waals surface area (Å²) in [7, 11) is 0. The second-order valence-corrected chi connectivity index (χ2v) is 5.25. The van der Waals surface area contributed by atoms with Crippen LogP contribution < -0.4 is 10.6 Å². The minimum Gasteiger partial charge on any atom is -0.393 e. The summed E-state index contributed by atoms with van der Waals surface area (Å²) in [5.41, 5.74) is 0. The standard InChI is InChI=1S/C13H27N3O/c1-4-14-13(15-8-10(2)3)16-9-11-6-5-7-12(11)17/h10-12,17H,4-9H2,1-3H3,(H2,14,15,16). The molecule has 2 atom stereocenters. The predicted octanol–water partition coefficient (Wildman–Crippen LogP) is 1.36. The SMILES string of the molecule is CCNC(=NCC(C)C)NCC1CCCC1O. The van der Waals surface area contributed by atoms with Gasteiger partial charge < -0.3 is 15.7 Å². The molecule has 0 aromatic heterocycles. The van der Waals surface area contributed by atoms with Gasteiger partial charge in [-0.25, -0.2) is 0 Å². The maximum absolute atomic E-state index is 9.75. The van der Waals surface area contributed by atoms with Crippen LogP contribution in [-0.2, 0) is 0 Å². The van der Waals surface area contributed by atoms with E-state index in [0.29, 0.717) is 11.8 Å². The fraction of sp³-hybridized carbons (Fsp3) is 0.923. The van der Waals surface area contributed by atoms with Gasteiger partial charge in [0.1, 0.15) is 0 Å². The van der Waals surface area contributed by atoms with Crippen molar-refractivity contribution in [3.05, 3.63) is 0 Å². The summed E-state index contributed by atoms with van der Waals surface area (Å²) in [4.78, 5) is 4.51. The van der Waals surface area contributed by atoms with Crippen LogP contribution in [-0.4, -0.2) is 36.8 Å². The maximum atomic E-state index is 9.75. The Balaban J connectivity index is 2.35. The lowest BCUT2D eigenvalue weighted by Gasteiger charge is -2.18. The first-order valence-electron chi connectivity index (χ1n) is 6.83. The van der Waals surface area contributed by atoms with Crippen LogP contribution >= 0.6 is 0 Å². The van der Waals surface area contributed by atoms with Crippen LogP contribution in [0.15, 0.2) is 4.99 Å². The van der Waals surface area contributed by atoms with Gasteiger partial charge in [-0.3, -0.25) is 4.99 Å². The summed E-state index contributed by atoms with van der Waals surface area (Å²) in [6, 6.07) is 0. The Hall–Kier alpha value is -0.770. The molecule has 3 N–H and O–H groups in total. The smallest absolute Gasteiger partial charge is 0.191 e. The molecule has 4 heteroatoms. The number of hydrogen-bond acceptors (Lipinski definition) is 2. The summed E-state index contributed by atoms with van der Waals surface area (Å²) in [5, 5.41) is 16.3. The second-order valence-electron chi connectivity index (χ2n) is 5.25. The van der Waals surface area contributed by atoms with Gasteiger partial charge in [0.2, 0.25) is 0 Å². The molecule has 0 saturated heterocycles. The van der Waals surface area contributed by atoms with E-state index in [1.165, 1.54) is 0 Å². The largest absolute Gasteiger partial charge is 0.393 e. The van der Waals surface area contributed by atoms with Gasteiger partial charge in [-0.15, -0.1) is 0 Å². The number of hydrogen-bond donors (Lipinski definition) is 3. The molecule has 0 aromatic carbocycles. The first-order chi connectivity index (χ1) is 8.13. The number of guanidine groups is 1. The molecule has 1 aliphatic rings. The lowest BCUT2D eigenvalue weighted by Crippen LogP contribution is -2.41.